The first-order valence-electron chi connectivity index (χ1n) is 10.2. The number of carbonyl (C=O) groups is 2. The lowest BCUT2D eigenvalue weighted by atomic mass is 9.95. The number of carbonyl (C=O) groups excluding carboxylic acids is 2. The molecule has 1 heterocycles. The van der Waals surface area contributed by atoms with Crippen LogP contribution in [0.1, 0.15) is 38.3 Å². The monoisotopic (exact) mass is 413 g/mol. The summed E-state index contributed by atoms with van der Waals surface area (Å²) in [6.07, 6.45) is 1.10. The molecule has 0 spiro atoms. The third-order valence-corrected chi connectivity index (χ3v) is 5.49. The molecule has 1 fully saturated rings. The van der Waals surface area contributed by atoms with Crippen LogP contribution in [0.5, 0.6) is 5.75 Å². The van der Waals surface area contributed by atoms with Crippen LogP contribution in [0.15, 0.2) is 48.5 Å². The van der Waals surface area contributed by atoms with Gasteiger partial charge in [0, 0.05) is 19.0 Å². The molecule has 0 aliphatic carbocycles. The van der Waals surface area contributed by atoms with Crippen molar-refractivity contribution in [1.29, 1.82) is 0 Å². The molecule has 3 rings (SSSR count). The van der Waals surface area contributed by atoms with Crippen molar-refractivity contribution in [3.05, 3.63) is 59.9 Å². The summed E-state index contributed by atoms with van der Waals surface area (Å²) in [5, 5.41) is 15.6. The topological polar surface area (TPSA) is 81.7 Å². The van der Waals surface area contributed by atoms with Gasteiger partial charge < -0.3 is 20.6 Å². The van der Waals surface area contributed by atoms with Gasteiger partial charge in [-0.3, -0.25) is 4.79 Å². The number of rotatable bonds is 5. The molecule has 1 saturated heterocycles. The molecule has 3 N–H and O–H groups in total. The zero-order valence-corrected chi connectivity index (χ0v) is 17.3. The van der Waals surface area contributed by atoms with Crippen LogP contribution < -0.4 is 10.6 Å². The second-order valence-corrected chi connectivity index (χ2v) is 7.99. The van der Waals surface area contributed by atoms with E-state index in [0.717, 1.165) is 5.56 Å². The summed E-state index contributed by atoms with van der Waals surface area (Å²) in [6.45, 7) is 4.95. The Kier molecular flexibility index (Phi) is 6.92. The molecule has 6 nitrogen and oxygen atoms in total. The van der Waals surface area contributed by atoms with E-state index in [0.29, 0.717) is 31.6 Å². The number of benzene rings is 2. The number of nitrogens with one attached hydrogen (secondary N) is 2. The molecular formula is C23H28FN3O3. The van der Waals surface area contributed by atoms with Crippen molar-refractivity contribution in [1.82, 2.24) is 10.2 Å². The third kappa shape index (κ3) is 5.28. The predicted octanol–water partition coefficient (Wildman–Crippen LogP) is 4.29. The number of phenolic OH excluding ortho intramolecular Hbond substituents is 1. The van der Waals surface area contributed by atoms with Gasteiger partial charge in [0.1, 0.15) is 11.6 Å². The van der Waals surface area contributed by atoms with Crippen LogP contribution in [0, 0.1) is 17.7 Å². The molecule has 0 radical (unpaired) electrons. The molecule has 3 amide bonds. The average Bonchev–Trinajstić information content (AvgIpc) is 2.74. The van der Waals surface area contributed by atoms with E-state index in [1.54, 1.807) is 35.2 Å². The van der Waals surface area contributed by atoms with Gasteiger partial charge in [-0.15, -0.1) is 0 Å². The predicted molar refractivity (Wildman–Crippen MR) is 114 cm³/mol. The molecule has 0 bridgehead atoms. The van der Waals surface area contributed by atoms with Crippen LogP contribution in [0.3, 0.4) is 0 Å². The summed E-state index contributed by atoms with van der Waals surface area (Å²) in [7, 11) is 0. The molecule has 2 aromatic carbocycles. The quantitative estimate of drug-likeness (QED) is 0.640. The molecule has 1 atom stereocenters. The highest BCUT2D eigenvalue weighted by molar-refractivity contribution is 5.94. The summed E-state index contributed by atoms with van der Waals surface area (Å²) in [5.74, 6) is -0.504. The number of likely N-dealkylation sites (tertiary alicyclic amines) is 1. The second kappa shape index (κ2) is 9.61. The van der Waals surface area contributed by atoms with Crippen LogP contribution in [-0.4, -0.2) is 35.0 Å². The van der Waals surface area contributed by atoms with Gasteiger partial charge >= 0.3 is 6.03 Å². The van der Waals surface area contributed by atoms with E-state index in [9.17, 15) is 19.1 Å². The Morgan fingerprint density at radius 3 is 2.30 bits per heavy atom. The molecule has 1 aliphatic rings. The third-order valence-electron chi connectivity index (χ3n) is 5.49. The van der Waals surface area contributed by atoms with Gasteiger partial charge in [-0.25, -0.2) is 9.18 Å². The number of phenols is 1. The highest BCUT2D eigenvalue weighted by Gasteiger charge is 2.29. The van der Waals surface area contributed by atoms with Crippen LogP contribution in [0.4, 0.5) is 14.9 Å². The molecule has 30 heavy (non-hydrogen) atoms. The maximum Gasteiger partial charge on any atom is 0.317 e. The van der Waals surface area contributed by atoms with Crippen molar-refractivity contribution in [2.24, 2.45) is 11.8 Å². The van der Waals surface area contributed by atoms with Gasteiger partial charge in [0.2, 0.25) is 5.91 Å². The Hall–Kier alpha value is -3.09. The van der Waals surface area contributed by atoms with Crippen molar-refractivity contribution >= 4 is 17.6 Å². The van der Waals surface area contributed by atoms with Crippen LogP contribution >= 0.6 is 0 Å². The molecule has 0 saturated carbocycles. The first kappa shape index (κ1) is 21.6. The smallest absolute Gasteiger partial charge is 0.317 e. The first-order chi connectivity index (χ1) is 14.3. The molecule has 0 aromatic heterocycles. The Morgan fingerprint density at radius 2 is 1.70 bits per heavy atom. The van der Waals surface area contributed by atoms with E-state index >= 15 is 0 Å². The number of hydrogen-bond acceptors (Lipinski definition) is 3. The highest BCUT2D eigenvalue weighted by atomic mass is 19.1. The van der Waals surface area contributed by atoms with Crippen molar-refractivity contribution in [3.8, 4) is 5.75 Å². The molecule has 0 unspecified atom stereocenters. The number of hydrogen-bond donors (Lipinski definition) is 3. The van der Waals surface area contributed by atoms with E-state index in [4.69, 9.17) is 0 Å². The van der Waals surface area contributed by atoms with Gasteiger partial charge in [0.05, 0.1) is 11.7 Å². The molecular weight excluding hydrogens is 385 g/mol. The van der Waals surface area contributed by atoms with Crippen LogP contribution in [-0.2, 0) is 4.79 Å². The number of urea groups is 1. The average molecular weight is 413 g/mol. The van der Waals surface area contributed by atoms with Gasteiger partial charge in [0.15, 0.2) is 0 Å². The van der Waals surface area contributed by atoms with E-state index < -0.39 is 0 Å². The Labute approximate surface area is 176 Å². The fourth-order valence-corrected chi connectivity index (χ4v) is 3.69. The van der Waals surface area contributed by atoms with E-state index in [1.165, 1.54) is 18.2 Å². The summed E-state index contributed by atoms with van der Waals surface area (Å²) < 4.78 is 13.2. The van der Waals surface area contributed by atoms with E-state index in [1.807, 2.05) is 13.8 Å². The maximum atomic E-state index is 13.2. The number of amides is 3. The van der Waals surface area contributed by atoms with Crippen molar-refractivity contribution in [2.75, 3.05) is 18.4 Å². The second-order valence-electron chi connectivity index (χ2n) is 7.99. The number of piperidine rings is 1. The summed E-state index contributed by atoms with van der Waals surface area (Å²) in [6, 6.07) is 12.4. The number of halogens is 1. The Morgan fingerprint density at radius 1 is 1.07 bits per heavy atom. The minimum absolute atomic E-state index is 0.0307. The zero-order valence-electron chi connectivity index (χ0n) is 17.3. The minimum Gasteiger partial charge on any atom is -0.506 e. The van der Waals surface area contributed by atoms with Crippen molar-refractivity contribution in [3.63, 3.8) is 0 Å². The fraction of sp³-hybridized carbons (Fsp3) is 0.391. The van der Waals surface area contributed by atoms with Crippen LogP contribution in [0.25, 0.3) is 0 Å². The van der Waals surface area contributed by atoms with E-state index in [2.05, 4.69) is 10.6 Å². The first-order valence-corrected chi connectivity index (χ1v) is 10.2. The summed E-state index contributed by atoms with van der Waals surface area (Å²) >= 11 is 0. The molecule has 7 heteroatoms. The largest absolute Gasteiger partial charge is 0.506 e. The molecule has 160 valence electrons. The minimum atomic E-state index is -0.309. The van der Waals surface area contributed by atoms with Crippen molar-refractivity contribution in [2.45, 2.75) is 32.7 Å². The number of para-hydroxylation sites is 2. The van der Waals surface area contributed by atoms with Gasteiger partial charge in [-0.2, -0.15) is 0 Å². The molecule has 2 aromatic rings. The Bertz CT molecular complexity index is 878. The van der Waals surface area contributed by atoms with E-state index in [-0.39, 0.29) is 41.4 Å². The summed E-state index contributed by atoms with van der Waals surface area (Å²) in [5.41, 5.74) is 1.25. The lowest BCUT2D eigenvalue weighted by Gasteiger charge is -2.33. The van der Waals surface area contributed by atoms with Gasteiger partial charge in [0.25, 0.3) is 0 Å². The lowest BCUT2D eigenvalue weighted by molar-refractivity contribution is -0.121. The summed E-state index contributed by atoms with van der Waals surface area (Å²) in [4.78, 5) is 27.0. The Balaban J connectivity index is 1.54. The standard InChI is InChI=1S/C23H28FN3O3/c1-15(2)21(16-7-9-18(24)10-8-16)26-23(30)27-13-11-17(12-14-27)22(29)25-19-5-3-4-6-20(19)28/h3-10,15,17,21,28H,11-14H2,1-2H3,(H,25,29)(H,26,30)/t21-/m0/s1. The number of nitrogens with zero attached hydrogens (tertiary/aromatic N) is 1. The zero-order chi connectivity index (χ0) is 21.7. The van der Waals surface area contributed by atoms with Gasteiger partial charge in [-0.1, -0.05) is 38.1 Å². The fourth-order valence-electron chi connectivity index (χ4n) is 3.69. The van der Waals surface area contributed by atoms with Crippen LogP contribution in [0.2, 0.25) is 0 Å². The highest BCUT2D eigenvalue weighted by Crippen LogP contribution is 2.26. The van der Waals surface area contributed by atoms with Crippen molar-refractivity contribution < 1.29 is 19.1 Å². The number of anilines is 1. The number of aromatic hydroxyl groups is 1. The SMILES string of the molecule is CC(C)[C@H](NC(=O)N1CCC(C(=O)Nc2ccccc2O)CC1)c1ccc(F)cc1. The molecule has 1 aliphatic heterocycles. The normalized spacial score (nSPS) is 15.7. The maximum absolute atomic E-state index is 13.2. The van der Waals surface area contributed by atoms with Gasteiger partial charge in [-0.05, 0) is 48.6 Å². The lowest BCUT2D eigenvalue weighted by Crippen LogP contribution is -2.47.